The van der Waals surface area contributed by atoms with Crippen LogP contribution < -0.4 is 19.1 Å². The summed E-state index contributed by atoms with van der Waals surface area (Å²) >= 11 is 1.81. The molecule has 2 bridgehead atoms. The second-order valence-corrected chi connectivity index (χ2v) is 16.6. The van der Waals surface area contributed by atoms with Gasteiger partial charge in [-0.05, 0) is 112 Å². The fourth-order valence-corrected chi connectivity index (χ4v) is 8.76. The number of amides is 2. The van der Waals surface area contributed by atoms with Crippen LogP contribution in [0.5, 0.6) is 17.4 Å². The van der Waals surface area contributed by atoms with Gasteiger partial charge in [0.15, 0.2) is 17.5 Å². The van der Waals surface area contributed by atoms with Gasteiger partial charge in [0.05, 0.1) is 37.9 Å². The predicted molar refractivity (Wildman–Crippen MR) is 213 cm³/mol. The number of pyridine rings is 1. The maximum Gasteiger partial charge on any atom is 0.410 e. The van der Waals surface area contributed by atoms with E-state index in [1.807, 2.05) is 46.9 Å². The Morgan fingerprint density at radius 1 is 0.964 bits per heavy atom. The highest BCUT2D eigenvalue weighted by atomic mass is 127. The lowest BCUT2D eigenvalue weighted by molar-refractivity contribution is -0.0350. The summed E-state index contributed by atoms with van der Waals surface area (Å²) in [5, 5.41) is 0. The highest BCUT2D eigenvalue weighted by Gasteiger charge is 2.54. The SMILES string of the molecule is COc1ccc(CN(Cc2ccc(OC)cc2)c2c(F)c(C)c(I)c(-c3nc4c(cc3F)C(=O)N3C[C@H]5CC[C@@H]([C@H]3[C@H](C)O4)N5C(=O)OC(C)(C)C)c2F)cc1. The third-order valence-corrected chi connectivity index (χ3v) is 12.0. The summed E-state index contributed by atoms with van der Waals surface area (Å²) in [5.41, 5.74) is -0.249. The van der Waals surface area contributed by atoms with Gasteiger partial charge in [0.25, 0.3) is 5.91 Å². The molecular formula is C42H44F3IN4O6. The lowest BCUT2D eigenvalue weighted by Gasteiger charge is -2.47. The molecule has 7 rings (SSSR count). The number of hydrogen-bond acceptors (Lipinski definition) is 8. The van der Waals surface area contributed by atoms with E-state index in [4.69, 9.17) is 18.9 Å². The summed E-state index contributed by atoms with van der Waals surface area (Å²) in [6, 6.07) is 14.1. The maximum atomic E-state index is 17.3. The Morgan fingerprint density at radius 3 is 2.11 bits per heavy atom. The quantitative estimate of drug-likeness (QED) is 0.163. The van der Waals surface area contributed by atoms with Crippen molar-refractivity contribution in [2.75, 3.05) is 25.7 Å². The van der Waals surface area contributed by atoms with E-state index in [0.29, 0.717) is 24.3 Å². The van der Waals surface area contributed by atoms with Crippen molar-refractivity contribution in [3.05, 3.63) is 97.9 Å². The van der Waals surface area contributed by atoms with Crippen LogP contribution >= 0.6 is 22.6 Å². The van der Waals surface area contributed by atoms with Gasteiger partial charge in [-0.15, -0.1) is 0 Å². The van der Waals surface area contributed by atoms with Gasteiger partial charge in [-0.3, -0.25) is 9.69 Å². The summed E-state index contributed by atoms with van der Waals surface area (Å²) in [7, 11) is 3.11. The monoisotopic (exact) mass is 884 g/mol. The summed E-state index contributed by atoms with van der Waals surface area (Å²) < 4.78 is 73.1. The number of halogens is 4. The van der Waals surface area contributed by atoms with Gasteiger partial charge in [-0.2, -0.15) is 0 Å². The van der Waals surface area contributed by atoms with E-state index in [-0.39, 0.29) is 57.5 Å². The van der Waals surface area contributed by atoms with E-state index in [0.717, 1.165) is 17.2 Å². The van der Waals surface area contributed by atoms with Gasteiger partial charge in [-0.25, -0.2) is 22.9 Å². The second-order valence-electron chi connectivity index (χ2n) is 15.5. The Balaban J connectivity index is 1.29. The van der Waals surface area contributed by atoms with Crippen LogP contribution in [0.2, 0.25) is 0 Å². The van der Waals surface area contributed by atoms with E-state index in [2.05, 4.69) is 4.98 Å². The minimum Gasteiger partial charge on any atom is -0.497 e. The molecule has 0 radical (unpaired) electrons. The highest BCUT2D eigenvalue weighted by Crippen LogP contribution is 2.44. The number of hydrogen-bond donors (Lipinski definition) is 0. The molecule has 4 heterocycles. The fraction of sp³-hybridized carbons (Fsp3) is 0.405. The van der Waals surface area contributed by atoms with E-state index in [1.54, 1.807) is 80.9 Å². The molecule has 0 unspecified atom stereocenters. The van der Waals surface area contributed by atoms with Gasteiger partial charge in [0.2, 0.25) is 5.88 Å². The first-order valence-corrected chi connectivity index (χ1v) is 19.6. The highest BCUT2D eigenvalue weighted by molar-refractivity contribution is 14.1. The molecule has 3 aromatic carbocycles. The van der Waals surface area contributed by atoms with Gasteiger partial charge < -0.3 is 28.7 Å². The molecular weight excluding hydrogens is 840 g/mol. The van der Waals surface area contributed by atoms with Crippen molar-refractivity contribution in [1.29, 1.82) is 0 Å². The van der Waals surface area contributed by atoms with Crippen LogP contribution in [0.4, 0.5) is 23.7 Å². The average Bonchev–Trinajstić information content (AvgIpc) is 3.42. The zero-order valence-electron chi connectivity index (χ0n) is 32.3. The lowest BCUT2D eigenvalue weighted by Crippen LogP contribution is -2.65. The molecule has 4 aromatic rings. The molecule has 2 amide bonds. The van der Waals surface area contributed by atoms with Gasteiger partial charge in [-0.1, -0.05) is 24.3 Å². The zero-order valence-corrected chi connectivity index (χ0v) is 34.4. The van der Waals surface area contributed by atoms with Crippen LogP contribution in [0.1, 0.15) is 67.6 Å². The molecule has 3 aliphatic rings. The molecule has 296 valence electrons. The van der Waals surface area contributed by atoms with Crippen LogP contribution in [0.3, 0.4) is 0 Å². The number of carbonyl (C=O) groups is 2. The van der Waals surface area contributed by atoms with Crippen molar-refractivity contribution < 1.29 is 41.7 Å². The van der Waals surface area contributed by atoms with Crippen LogP contribution in [0.25, 0.3) is 11.3 Å². The van der Waals surface area contributed by atoms with Crippen LogP contribution in [-0.4, -0.2) is 77.4 Å². The zero-order chi connectivity index (χ0) is 40.2. The molecule has 0 aliphatic carbocycles. The molecule has 2 fully saturated rings. The van der Waals surface area contributed by atoms with E-state index in [9.17, 15) is 9.59 Å². The molecule has 2 saturated heterocycles. The smallest absolute Gasteiger partial charge is 0.410 e. The number of anilines is 1. The third-order valence-electron chi connectivity index (χ3n) is 10.7. The lowest BCUT2D eigenvalue weighted by atomic mass is 9.97. The number of fused-ring (bicyclic) bond motifs is 5. The Kier molecular flexibility index (Phi) is 10.8. The third kappa shape index (κ3) is 7.32. The molecule has 0 saturated carbocycles. The summed E-state index contributed by atoms with van der Waals surface area (Å²) in [6.07, 6.45) is 0.157. The summed E-state index contributed by atoms with van der Waals surface area (Å²) in [4.78, 5) is 37.0. The van der Waals surface area contributed by atoms with E-state index in [1.165, 1.54) is 6.92 Å². The number of piperazine rings is 1. The van der Waals surface area contributed by atoms with Gasteiger partial charge >= 0.3 is 6.09 Å². The molecule has 4 atom stereocenters. The molecule has 1 aromatic heterocycles. The minimum absolute atomic E-state index is 0.0955. The van der Waals surface area contributed by atoms with Gasteiger partial charge in [0.1, 0.15) is 40.1 Å². The summed E-state index contributed by atoms with van der Waals surface area (Å²) in [6.45, 7) is 9.08. The topological polar surface area (TPSA) is 93.7 Å². The standard InChI is InChI=1S/C42H44F3IN4O6/c1-22-33(44)38(48(19-24-8-13-27(53-6)14-9-24)20-25-10-15-28(54-7)16-11-25)34(45)32(35(22)46)36-30(43)18-29-39(47-36)55-23(2)37-31-17-12-26(21-49(37)40(29)51)50(31)41(52)56-42(3,4)5/h8-11,13-16,18,23,26,31,37H,12,17,19-21H2,1-7H3/t23-,26+,31-,37+/m0/s1. The van der Waals surface area contributed by atoms with E-state index < -0.39 is 58.9 Å². The average molecular weight is 885 g/mol. The molecule has 0 N–H and O–H groups in total. The predicted octanol–water partition coefficient (Wildman–Crippen LogP) is 8.68. The van der Waals surface area contributed by atoms with Crippen molar-refractivity contribution in [3.8, 4) is 28.6 Å². The Labute approximate surface area is 338 Å². The maximum absolute atomic E-state index is 17.3. The second kappa shape index (κ2) is 15.3. The van der Waals surface area contributed by atoms with Crippen LogP contribution in [0, 0.1) is 27.9 Å². The first-order valence-electron chi connectivity index (χ1n) is 18.5. The summed E-state index contributed by atoms with van der Waals surface area (Å²) in [5.74, 6) is -2.18. The number of nitrogens with zero attached hydrogens (tertiary/aromatic N) is 4. The number of benzene rings is 3. The minimum atomic E-state index is -1.01. The normalized spacial score (nSPS) is 20.2. The van der Waals surface area contributed by atoms with E-state index >= 15 is 13.2 Å². The largest absolute Gasteiger partial charge is 0.497 e. The Morgan fingerprint density at radius 2 is 1.55 bits per heavy atom. The molecule has 14 heteroatoms. The fourth-order valence-electron chi connectivity index (χ4n) is 8.03. The first kappa shape index (κ1) is 39.5. The van der Waals surface area contributed by atoms with Crippen molar-refractivity contribution in [2.24, 2.45) is 0 Å². The first-order chi connectivity index (χ1) is 26.6. The Hall–Kier alpha value is -4.73. The number of carbonyl (C=O) groups excluding carboxylic acids is 2. The van der Waals surface area contributed by atoms with Crippen molar-refractivity contribution in [1.82, 2.24) is 14.8 Å². The van der Waals surface area contributed by atoms with Crippen molar-refractivity contribution in [3.63, 3.8) is 0 Å². The molecule has 3 aliphatic heterocycles. The van der Waals surface area contributed by atoms with Crippen molar-refractivity contribution in [2.45, 2.75) is 90.4 Å². The van der Waals surface area contributed by atoms with Crippen LogP contribution in [-0.2, 0) is 17.8 Å². The Bertz CT molecular complexity index is 2110. The molecule has 10 nitrogen and oxygen atoms in total. The number of ether oxygens (including phenoxy) is 4. The number of methoxy groups -OCH3 is 2. The number of rotatable bonds is 8. The van der Waals surface area contributed by atoms with Crippen LogP contribution in [0.15, 0.2) is 54.6 Å². The molecule has 0 spiro atoms. The van der Waals surface area contributed by atoms with Crippen molar-refractivity contribution >= 4 is 40.3 Å². The molecule has 56 heavy (non-hydrogen) atoms. The number of aromatic nitrogens is 1. The van der Waals surface area contributed by atoms with Gasteiger partial charge in [0, 0.05) is 28.8 Å².